The van der Waals surface area contributed by atoms with Crippen molar-refractivity contribution in [2.75, 3.05) is 5.01 Å². The molecule has 0 radical (unpaired) electrons. The molecular formula is C17H15F3N2O. The molecule has 3 nitrogen and oxygen atoms in total. The Bertz CT molecular complexity index is 755. The Morgan fingerprint density at radius 2 is 1.57 bits per heavy atom. The van der Waals surface area contributed by atoms with E-state index in [0.29, 0.717) is 11.3 Å². The Balaban J connectivity index is 2.09. The minimum atomic E-state index is -4.63. The minimum Gasteiger partial charge on any atom is -0.443 e. The van der Waals surface area contributed by atoms with Gasteiger partial charge in [-0.2, -0.15) is 13.2 Å². The van der Waals surface area contributed by atoms with Gasteiger partial charge in [-0.15, -0.1) is 5.10 Å². The minimum absolute atomic E-state index is 0.583. The number of para-hydroxylation sites is 1. The van der Waals surface area contributed by atoms with Crippen LogP contribution in [0.5, 0.6) is 0 Å². The molecule has 0 aromatic heterocycles. The van der Waals surface area contributed by atoms with Crippen LogP contribution in [0.4, 0.5) is 18.9 Å². The van der Waals surface area contributed by atoms with Crippen molar-refractivity contribution in [1.29, 1.82) is 0 Å². The lowest BCUT2D eigenvalue weighted by atomic mass is 10.1. The van der Waals surface area contributed by atoms with Gasteiger partial charge in [-0.3, -0.25) is 0 Å². The molecule has 0 saturated carbocycles. The average molecular weight is 320 g/mol. The van der Waals surface area contributed by atoms with Crippen LogP contribution in [0.15, 0.2) is 53.6 Å². The molecule has 1 unspecified atom stereocenters. The SMILES string of the molecule is Cc1ccccc1C1OC(C(F)(F)F)=NN1c1ccccc1C. The van der Waals surface area contributed by atoms with Crippen LogP contribution in [0.1, 0.15) is 22.9 Å². The third-order valence-corrected chi connectivity index (χ3v) is 3.70. The van der Waals surface area contributed by atoms with E-state index in [2.05, 4.69) is 5.10 Å². The number of rotatable bonds is 2. The van der Waals surface area contributed by atoms with E-state index in [-0.39, 0.29) is 0 Å². The van der Waals surface area contributed by atoms with Crippen molar-refractivity contribution in [3.8, 4) is 0 Å². The van der Waals surface area contributed by atoms with Crippen LogP contribution in [0.3, 0.4) is 0 Å². The number of halogens is 3. The third kappa shape index (κ3) is 2.88. The lowest BCUT2D eigenvalue weighted by Gasteiger charge is -2.24. The van der Waals surface area contributed by atoms with E-state index in [9.17, 15) is 13.2 Å². The summed E-state index contributed by atoms with van der Waals surface area (Å²) in [7, 11) is 0. The molecule has 0 N–H and O–H groups in total. The standard InChI is InChI=1S/C17H15F3N2O/c1-11-7-3-5-9-13(11)15-22(14-10-6-4-8-12(14)2)21-16(23-15)17(18,19)20/h3-10,15H,1-2H3. The fourth-order valence-electron chi connectivity index (χ4n) is 2.51. The highest BCUT2D eigenvalue weighted by Gasteiger charge is 2.46. The second-order valence-corrected chi connectivity index (χ2v) is 5.36. The summed E-state index contributed by atoms with van der Waals surface area (Å²) in [4.78, 5) is 0. The fraction of sp³-hybridized carbons (Fsp3) is 0.235. The van der Waals surface area contributed by atoms with Crippen molar-refractivity contribution in [1.82, 2.24) is 0 Å². The number of benzene rings is 2. The molecule has 120 valence electrons. The summed E-state index contributed by atoms with van der Waals surface area (Å²) < 4.78 is 44.3. The highest BCUT2D eigenvalue weighted by Crippen LogP contribution is 2.39. The van der Waals surface area contributed by atoms with Gasteiger partial charge >= 0.3 is 12.1 Å². The molecule has 2 aromatic carbocycles. The number of ether oxygens (including phenoxy) is 1. The predicted octanol–water partition coefficient (Wildman–Crippen LogP) is 4.71. The van der Waals surface area contributed by atoms with Crippen molar-refractivity contribution in [3.63, 3.8) is 0 Å². The zero-order valence-electron chi connectivity index (χ0n) is 12.6. The second kappa shape index (κ2) is 5.61. The molecule has 1 atom stereocenters. The Morgan fingerprint density at radius 3 is 2.17 bits per heavy atom. The van der Waals surface area contributed by atoms with Gasteiger partial charge in [0.25, 0.3) is 0 Å². The molecular weight excluding hydrogens is 305 g/mol. The van der Waals surface area contributed by atoms with Gasteiger partial charge in [-0.25, -0.2) is 5.01 Å². The Hall–Kier alpha value is -2.50. The molecule has 0 fully saturated rings. The van der Waals surface area contributed by atoms with E-state index in [1.54, 1.807) is 24.3 Å². The number of anilines is 1. The highest BCUT2D eigenvalue weighted by atomic mass is 19.4. The van der Waals surface area contributed by atoms with Crippen LogP contribution in [-0.2, 0) is 4.74 Å². The Kier molecular flexibility index (Phi) is 3.75. The van der Waals surface area contributed by atoms with E-state index >= 15 is 0 Å². The zero-order chi connectivity index (χ0) is 16.6. The third-order valence-electron chi connectivity index (χ3n) is 3.70. The first-order valence-corrected chi connectivity index (χ1v) is 7.11. The molecule has 3 rings (SSSR count). The normalized spacial score (nSPS) is 17.9. The van der Waals surface area contributed by atoms with Gasteiger partial charge in [0, 0.05) is 5.56 Å². The van der Waals surface area contributed by atoms with Crippen LogP contribution >= 0.6 is 0 Å². The van der Waals surface area contributed by atoms with Gasteiger partial charge in [0.2, 0.25) is 6.23 Å². The highest BCUT2D eigenvalue weighted by molar-refractivity contribution is 5.85. The molecule has 0 bridgehead atoms. The van der Waals surface area contributed by atoms with Crippen molar-refractivity contribution in [2.24, 2.45) is 5.10 Å². The summed E-state index contributed by atoms with van der Waals surface area (Å²) in [5.41, 5.74) is 2.90. The summed E-state index contributed by atoms with van der Waals surface area (Å²) in [6.07, 6.45) is -5.56. The van der Waals surface area contributed by atoms with Crippen LogP contribution in [0.2, 0.25) is 0 Å². The Labute approximate surface area is 132 Å². The first-order valence-electron chi connectivity index (χ1n) is 7.11. The van der Waals surface area contributed by atoms with Crippen LogP contribution < -0.4 is 5.01 Å². The smallest absolute Gasteiger partial charge is 0.443 e. The number of hydrogen-bond acceptors (Lipinski definition) is 3. The molecule has 0 aliphatic carbocycles. The molecule has 6 heteroatoms. The van der Waals surface area contributed by atoms with E-state index < -0.39 is 18.3 Å². The van der Waals surface area contributed by atoms with Gasteiger partial charge < -0.3 is 4.74 Å². The van der Waals surface area contributed by atoms with E-state index in [1.807, 2.05) is 38.1 Å². The predicted molar refractivity (Wildman–Crippen MR) is 82.2 cm³/mol. The van der Waals surface area contributed by atoms with E-state index in [0.717, 1.165) is 11.1 Å². The van der Waals surface area contributed by atoms with Crippen LogP contribution in [0.25, 0.3) is 0 Å². The lowest BCUT2D eigenvalue weighted by molar-refractivity contribution is -0.0791. The van der Waals surface area contributed by atoms with Crippen molar-refractivity contribution in [3.05, 3.63) is 65.2 Å². The number of alkyl halides is 3. The van der Waals surface area contributed by atoms with Crippen molar-refractivity contribution in [2.45, 2.75) is 26.3 Å². The number of hydrogen-bond donors (Lipinski definition) is 0. The quantitative estimate of drug-likeness (QED) is 0.800. The van der Waals surface area contributed by atoms with Crippen LogP contribution in [-0.4, -0.2) is 12.1 Å². The summed E-state index contributed by atoms with van der Waals surface area (Å²) in [6.45, 7) is 3.66. The molecule has 1 aliphatic rings. The second-order valence-electron chi connectivity index (χ2n) is 5.36. The van der Waals surface area contributed by atoms with E-state index in [1.165, 1.54) is 5.01 Å². The summed E-state index contributed by atoms with van der Waals surface area (Å²) in [5, 5.41) is 4.98. The number of aryl methyl sites for hydroxylation is 2. The maximum atomic E-state index is 13.1. The van der Waals surface area contributed by atoms with Crippen molar-refractivity contribution >= 4 is 11.6 Å². The molecule has 1 aliphatic heterocycles. The van der Waals surface area contributed by atoms with Crippen molar-refractivity contribution < 1.29 is 17.9 Å². The largest absolute Gasteiger partial charge is 0.470 e. The van der Waals surface area contributed by atoms with Gasteiger partial charge in [-0.05, 0) is 31.0 Å². The first kappa shape index (κ1) is 15.4. The lowest BCUT2D eigenvalue weighted by Crippen LogP contribution is -2.24. The van der Waals surface area contributed by atoms with Gasteiger partial charge in [0.15, 0.2) is 0 Å². The number of hydrazone groups is 1. The fourth-order valence-corrected chi connectivity index (χ4v) is 2.51. The van der Waals surface area contributed by atoms with Crippen LogP contribution in [0, 0.1) is 13.8 Å². The first-order chi connectivity index (χ1) is 10.9. The van der Waals surface area contributed by atoms with Gasteiger partial charge in [0.1, 0.15) is 0 Å². The maximum absolute atomic E-state index is 13.1. The monoisotopic (exact) mass is 320 g/mol. The van der Waals surface area contributed by atoms with Gasteiger partial charge in [-0.1, -0.05) is 42.5 Å². The summed E-state index contributed by atoms with van der Waals surface area (Å²) in [6, 6.07) is 14.3. The average Bonchev–Trinajstić information content (AvgIpc) is 2.93. The molecule has 0 amide bonds. The molecule has 23 heavy (non-hydrogen) atoms. The summed E-state index contributed by atoms with van der Waals surface area (Å²) >= 11 is 0. The molecule has 2 aromatic rings. The summed E-state index contributed by atoms with van der Waals surface area (Å²) in [5.74, 6) is -1.23. The molecule has 1 heterocycles. The maximum Gasteiger partial charge on any atom is 0.470 e. The molecule has 0 spiro atoms. The van der Waals surface area contributed by atoms with Gasteiger partial charge in [0.05, 0.1) is 5.69 Å². The number of nitrogens with zero attached hydrogens (tertiary/aromatic N) is 2. The van der Waals surface area contributed by atoms with E-state index in [4.69, 9.17) is 4.74 Å². The Morgan fingerprint density at radius 1 is 0.957 bits per heavy atom. The topological polar surface area (TPSA) is 24.8 Å². The zero-order valence-corrected chi connectivity index (χ0v) is 12.6. The molecule has 0 saturated heterocycles.